The van der Waals surface area contributed by atoms with Gasteiger partial charge in [0, 0.05) is 5.54 Å². The molecule has 0 radical (unpaired) electrons. The Hall–Kier alpha value is -1.54. The average molecular weight is 367 g/mol. The number of hydrogen-bond acceptors (Lipinski definition) is 2. The lowest BCUT2D eigenvalue weighted by Crippen LogP contribution is -2.46. The minimum absolute atomic E-state index is 0.367. The van der Waals surface area contributed by atoms with E-state index in [-0.39, 0.29) is 0 Å². The number of nitrogens with one attached hydrogen (secondary N) is 1. The van der Waals surface area contributed by atoms with Crippen molar-refractivity contribution in [1.29, 1.82) is 0 Å². The van der Waals surface area contributed by atoms with Gasteiger partial charge in [-0.3, -0.25) is 0 Å². The zero-order valence-electron chi connectivity index (χ0n) is 17.6. The molecule has 1 heterocycles. The van der Waals surface area contributed by atoms with Gasteiger partial charge < -0.3 is 10.2 Å². The zero-order chi connectivity index (χ0) is 19.3. The van der Waals surface area contributed by atoms with Gasteiger partial charge in [-0.25, -0.2) is 0 Å². The van der Waals surface area contributed by atoms with Crippen molar-refractivity contribution >= 4 is 6.08 Å². The first-order valence-corrected chi connectivity index (χ1v) is 10.9. The average Bonchev–Trinajstić information content (AvgIpc) is 3.05. The van der Waals surface area contributed by atoms with Crippen molar-refractivity contribution in [1.82, 2.24) is 10.2 Å². The summed E-state index contributed by atoms with van der Waals surface area (Å²) in [6.07, 6.45) is 15.9. The fraction of sp³-hybridized carbons (Fsp3) is 0.600. The van der Waals surface area contributed by atoms with Crippen LogP contribution >= 0.6 is 0 Å². The molecule has 2 nitrogen and oxygen atoms in total. The molecule has 1 aliphatic heterocycles. The van der Waals surface area contributed by atoms with Crippen LogP contribution in [-0.2, 0) is 0 Å². The van der Waals surface area contributed by atoms with Gasteiger partial charge in [0.05, 0.1) is 6.04 Å². The fourth-order valence-electron chi connectivity index (χ4n) is 5.25. The van der Waals surface area contributed by atoms with Crippen LogP contribution in [0.4, 0.5) is 0 Å². The molecule has 3 rings (SSSR count). The Morgan fingerprint density at radius 3 is 2.48 bits per heavy atom. The van der Waals surface area contributed by atoms with Crippen molar-refractivity contribution in [3.05, 3.63) is 54.2 Å². The maximum absolute atomic E-state index is 3.79. The van der Waals surface area contributed by atoms with Crippen molar-refractivity contribution < 1.29 is 0 Å². The summed E-state index contributed by atoms with van der Waals surface area (Å²) in [6.45, 7) is 9.78. The van der Waals surface area contributed by atoms with Crippen LogP contribution in [0.3, 0.4) is 0 Å². The SMILES string of the molecule is C=CNC(CC)c1ccc(/C=C/C2CCC(C3(C)CCCN3C)CC2)cc1. The van der Waals surface area contributed by atoms with Gasteiger partial charge in [0.1, 0.15) is 0 Å². The summed E-state index contributed by atoms with van der Waals surface area (Å²) in [5.74, 6) is 1.64. The van der Waals surface area contributed by atoms with Crippen LogP contribution in [0, 0.1) is 11.8 Å². The minimum atomic E-state index is 0.367. The summed E-state index contributed by atoms with van der Waals surface area (Å²) >= 11 is 0. The first kappa shape index (κ1) is 20.2. The highest BCUT2D eigenvalue weighted by Gasteiger charge is 2.41. The third-order valence-electron chi connectivity index (χ3n) is 7.33. The van der Waals surface area contributed by atoms with E-state index in [2.05, 4.69) is 74.1 Å². The Kier molecular flexibility index (Phi) is 6.81. The van der Waals surface area contributed by atoms with Crippen molar-refractivity contribution in [2.24, 2.45) is 11.8 Å². The van der Waals surface area contributed by atoms with E-state index in [0.717, 1.165) is 18.3 Å². The van der Waals surface area contributed by atoms with Crippen LogP contribution in [-0.4, -0.2) is 24.0 Å². The molecule has 27 heavy (non-hydrogen) atoms. The lowest BCUT2D eigenvalue weighted by molar-refractivity contribution is 0.0815. The molecule has 148 valence electrons. The first-order chi connectivity index (χ1) is 13.1. The summed E-state index contributed by atoms with van der Waals surface area (Å²) in [6, 6.07) is 9.36. The molecule has 1 saturated heterocycles. The summed E-state index contributed by atoms with van der Waals surface area (Å²) in [4.78, 5) is 2.63. The van der Waals surface area contributed by atoms with E-state index in [4.69, 9.17) is 0 Å². The molecule has 1 aromatic rings. The maximum atomic E-state index is 3.79. The third kappa shape index (κ3) is 4.66. The van der Waals surface area contributed by atoms with E-state index >= 15 is 0 Å². The van der Waals surface area contributed by atoms with Gasteiger partial charge in [0.25, 0.3) is 0 Å². The smallest absolute Gasteiger partial charge is 0.0505 e. The molecular formula is C25H38N2. The standard InChI is InChI=1S/C25H38N2/c1-5-24(26-6-2)22-14-10-20(11-15-22)8-9-21-12-16-23(17-13-21)25(3)18-7-19-27(25)4/h6,8-11,14-15,21,23-24,26H,2,5,7,12-13,16-19H2,1,3-4H3/b9-8+. The second-order valence-electron chi connectivity index (χ2n) is 8.85. The Labute approximate surface area is 166 Å². The quantitative estimate of drug-likeness (QED) is 0.620. The van der Waals surface area contributed by atoms with E-state index in [1.165, 1.54) is 56.2 Å². The van der Waals surface area contributed by atoms with Crippen LogP contribution in [0.25, 0.3) is 6.08 Å². The van der Waals surface area contributed by atoms with Crippen molar-refractivity contribution in [3.8, 4) is 0 Å². The fourth-order valence-corrected chi connectivity index (χ4v) is 5.25. The summed E-state index contributed by atoms with van der Waals surface area (Å²) in [7, 11) is 2.33. The molecule has 2 fully saturated rings. The molecule has 1 aromatic carbocycles. The molecule has 0 amide bonds. The van der Waals surface area contributed by atoms with Gasteiger partial charge in [-0.05, 0) is 94.6 Å². The Morgan fingerprint density at radius 2 is 1.93 bits per heavy atom. The van der Waals surface area contributed by atoms with Crippen LogP contribution < -0.4 is 5.32 Å². The Morgan fingerprint density at radius 1 is 1.22 bits per heavy atom. The number of likely N-dealkylation sites (tertiary alicyclic amines) is 1. The molecule has 2 unspecified atom stereocenters. The van der Waals surface area contributed by atoms with Gasteiger partial charge in [0.2, 0.25) is 0 Å². The molecule has 1 N–H and O–H groups in total. The maximum Gasteiger partial charge on any atom is 0.0505 e. The van der Waals surface area contributed by atoms with Crippen LogP contribution in [0.2, 0.25) is 0 Å². The molecule has 2 heteroatoms. The van der Waals surface area contributed by atoms with E-state index < -0.39 is 0 Å². The molecule has 2 aliphatic rings. The lowest BCUT2D eigenvalue weighted by atomic mass is 9.71. The number of nitrogens with zero attached hydrogens (tertiary/aromatic N) is 1. The number of rotatable bonds is 7. The van der Waals surface area contributed by atoms with Crippen molar-refractivity contribution in [2.45, 2.75) is 70.4 Å². The van der Waals surface area contributed by atoms with Gasteiger partial charge in [-0.1, -0.05) is 49.9 Å². The van der Waals surface area contributed by atoms with Gasteiger partial charge in [-0.2, -0.15) is 0 Å². The summed E-state index contributed by atoms with van der Waals surface area (Å²) < 4.78 is 0. The Balaban J connectivity index is 1.53. The van der Waals surface area contributed by atoms with E-state index in [1.807, 2.05) is 0 Å². The monoisotopic (exact) mass is 366 g/mol. The Bertz CT molecular complexity index is 624. The summed E-state index contributed by atoms with van der Waals surface area (Å²) in [5.41, 5.74) is 3.11. The third-order valence-corrected chi connectivity index (χ3v) is 7.33. The van der Waals surface area contributed by atoms with Crippen molar-refractivity contribution in [2.75, 3.05) is 13.6 Å². The highest BCUT2D eigenvalue weighted by molar-refractivity contribution is 5.50. The largest absolute Gasteiger partial charge is 0.385 e. The minimum Gasteiger partial charge on any atom is -0.385 e. The molecule has 2 atom stereocenters. The van der Waals surface area contributed by atoms with Crippen molar-refractivity contribution in [3.63, 3.8) is 0 Å². The molecule has 0 aromatic heterocycles. The van der Waals surface area contributed by atoms with E-state index in [9.17, 15) is 0 Å². The second-order valence-corrected chi connectivity index (χ2v) is 8.85. The predicted molar refractivity (Wildman–Crippen MR) is 118 cm³/mol. The number of benzene rings is 1. The van der Waals surface area contributed by atoms with Gasteiger partial charge in [0.15, 0.2) is 0 Å². The second kappa shape index (κ2) is 9.10. The molecule has 0 spiro atoms. The summed E-state index contributed by atoms with van der Waals surface area (Å²) in [5, 5.41) is 3.33. The zero-order valence-corrected chi connectivity index (χ0v) is 17.6. The molecule has 0 bridgehead atoms. The molecule has 1 saturated carbocycles. The van der Waals surface area contributed by atoms with Gasteiger partial charge in [-0.15, -0.1) is 0 Å². The van der Waals surface area contributed by atoms with E-state index in [1.54, 1.807) is 6.20 Å². The topological polar surface area (TPSA) is 15.3 Å². The van der Waals surface area contributed by atoms with Crippen LogP contribution in [0.1, 0.15) is 76.0 Å². The first-order valence-electron chi connectivity index (χ1n) is 10.9. The number of allylic oxidation sites excluding steroid dienone is 1. The highest BCUT2D eigenvalue weighted by atomic mass is 15.2. The predicted octanol–water partition coefficient (Wildman–Crippen LogP) is 6.17. The van der Waals surface area contributed by atoms with Crippen LogP contribution in [0.5, 0.6) is 0 Å². The van der Waals surface area contributed by atoms with Crippen LogP contribution in [0.15, 0.2) is 43.1 Å². The van der Waals surface area contributed by atoms with Gasteiger partial charge >= 0.3 is 0 Å². The number of hydrogen-bond donors (Lipinski definition) is 1. The lowest BCUT2D eigenvalue weighted by Gasteiger charge is -2.43. The normalized spacial score (nSPS) is 30.5. The van der Waals surface area contributed by atoms with E-state index in [0.29, 0.717) is 11.6 Å². The molecular weight excluding hydrogens is 328 g/mol. The highest BCUT2D eigenvalue weighted by Crippen LogP contribution is 2.43. The molecule has 1 aliphatic carbocycles.